The summed E-state index contributed by atoms with van der Waals surface area (Å²) in [7, 11) is 0. The molecule has 0 aromatic heterocycles. The average molecular weight is 310 g/mol. The monoisotopic (exact) mass is 309 g/mol. The molecule has 2 aromatic carbocycles. The predicted molar refractivity (Wildman–Crippen MR) is 82.6 cm³/mol. The fourth-order valence-electron chi connectivity index (χ4n) is 2.47. The molecule has 4 heteroatoms. The fraction of sp³-hybridized carbons (Fsp3) is 0.294. The van der Waals surface area contributed by atoms with Crippen molar-refractivity contribution in [3.05, 3.63) is 69.2 Å². The van der Waals surface area contributed by atoms with Crippen LogP contribution in [-0.4, -0.2) is 0 Å². The molecule has 0 amide bonds. The molecule has 0 spiro atoms. The van der Waals surface area contributed by atoms with Crippen molar-refractivity contribution in [2.45, 2.75) is 32.7 Å². The van der Waals surface area contributed by atoms with Crippen molar-refractivity contribution in [3.8, 4) is 0 Å². The minimum absolute atomic E-state index is 0.114. The summed E-state index contributed by atoms with van der Waals surface area (Å²) in [6.07, 6.45) is 1.81. The second kappa shape index (κ2) is 6.54. The maximum atomic E-state index is 14.0. The van der Waals surface area contributed by atoms with Crippen LogP contribution in [0.4, 0.5) is 8.78 Å². The van der Waals surface area contributed by atoms with Gasteiger partial charge in [-0.25, -0.2) is 8.78 Å². The Bertz CT molecular complexity index is 655. The Kier molecular flexibility index (Phi) is 4.96. The largest absolute Gasteiger partial charge is 0.320 e. The number of nitrogens with two attached hydrogens (primary N) is 1. The number of hydrogen-bond acceptors (Lipinski definition) is 1. The van der Waals surface area contributed by atoms with Crippen LogP contribution in [0.2, 0.25) is 5.02 Å². The second-order valence-electron chi connectivity index (χ2n) is 5.00. The van der Waals surface area contributed by atoms with E-state index in [1.807, 2.05) is 18.2 Å². The number of rotatable bonds is 4. The van der Waals surface area contributed by atoms with E-state index >= 15 is 0 Å². The van der Waals surface area contributed by atoms with Gasteiger partial charge in [0.2, 0.25) is 0 Å². The van der Waals surface area contributed by atoms with Crippen molar-refractivity contribution in [2.75, 3.05) is 0 Å². The smallest absolute Gasteiger partial charge is 0.142 e. The average Bonchev–Trinajstić information content (AvgIpc) is 2.49. The summed E-state index contributed by atoms with van der Waals surface area (Å²) in [5.74, 6) is -1.25. The van der Waals surface area contributed by atoms with Crippen molar-refractivity contribution in [2.24, 2.45) is 5.73 Å². The van der Waals surface area contributed by atoms with E-state index in [1.54, 1.807) is 0 Å². The molecule has 1 unspecified atom stereocenters. The van der Waals surface area contributed by atoms with Crippen LogP contribution >= 0.6 is 11.6 Å². The third-order valence-corrected chi connectivity index (χ3v) is 4.02. The number of benzene rings is 2. The van der Waals surface area contributed by atoms with Crippen LogP contribution < -0.4 is 5.73 Å². The molecule has 0 radical (unpaired) electrons. The SMILES string of the molecule is CCc1ccc(C(N)c2cc(F)c(Cl)cc2F)cc1CC. The molecule has 1 nitrogen and oxygen atoms in total. The Labute approximate surface area is 128 Å². The number of halogens is 3. The maximum absolute atomic E-state index is 14.0. The summed E-state index contributed by atoms with van der Waals surface area (Å²) in [5.41, 5.74) is 9.41. The van der Waals surface area contributed by atoms with Crippen molar-refractivity contribution in [1.82, 2.24) is 0 Å². The Morgan fingerprint density at radius 3 is 2.29 bits per heavy atom. The highest BCUT2D eigenvalue weighted by Gasteiger charge is 2.17. The van der Waals surface area contributed by atoms with Crippen LogP contribution in [0.15, 0.2) is 30.3 Å². The summed E-state index contributed by atoms with van der Waals surface area (Å²) in [4.78, 5) is 0. The highest BCUT2D eigenvalue weighted by Crippen LogP contribution is 2.28. The first kappa shape index (κ1) is 15.9. The van der Waals surface area contributed by atoms with E-state index in [-0.39, 0.29) is 10.6 Å². The highest BCUT2D eigenvalue weighted by atomic mass is 35.5. The summed E-state index contributed by atoms with van der Waals surface area (Å²) in [6, 6.07) is 7.16. The van der Waals surface area contributed by atoms with Gasteiger partial charge in [0.1, 0.15) is 11.6 Å². The molecule has 2 aromatic rings. The third-order valence-electron chi connectivity index (χ3n) is 3.73. The first-order valence-electron chi connectivity index (χ1n) is 6.99. The standard InChI is InChI=1S/C17H18ClF2N/c1-3-10-5-6-12(7-11(10)4-2)17(21)13-8-16(20)14(18)9-15(13)19/h5-9,17H,3-4,21H2,1-2H3. The van der Waals surface area contributed by atoms with Crippen LogP contribution in [0.5, 0.6) is 0 Å². The molecule has 0 aliphatic carbocycles. The zero-order chi connectivity index (χ0) is 15.6. The van der Waals surface area contributed by atoms with Gasteiger partial charge >= 0.3 is 0 Å². The van der Waals surface area contributed by atoms with Gasteiger partial charge in [0.25, 0.3) is 0 Å². The lowest BCUT2D eigenvalue weighted by molar-refractivity contribution is 0.577. The number of aryl methyl sites for hydroxylation is 2. The van der Waals surface area contributed by atoms with Gasteiger partial charge < -0.3 is 5.73 Å². The van der Waals surface area contributed by atoms with Crippen LogP contribution in [0.25, 0.3) is 0 Å². The summed E-state index contributed by atoms with van der Waals surface area (Å²) in [6.45, 7) is 4.15. The van der Waals surface area contributed by atoms with E-state index in [4.69, 9.17) is 17.3 Å². The Morgan fingerprint density at radius 2 is 1.67 bits per heavy atom. The third kappa shape index (κ3) is 3.25. The van der Waals surface area contributed by atoms with Gasteiger partial charge in [0, 0.05) is 5.56 Å². The minimum atomic E-state index is -0.715. The normalized spacial score (nSPS) is 12.5. The molecule has 21 heavy (non-hydrogen) atoms. The van der Waals surface area contributed by atoms with Crippen LogP contribution in [0, 0.1) is 11.6 Å². The van der Waals surface area contributed by atoms with Gasteiger partial charge in [0.15, 0.2) is 0 Å². The lowest BCUT2D eigenvalue weighted by Crippen LogP contribution is -2.15. The van der Waals surface area contributed by atoms with Gasteiger partial charge in [-0.1, -0.05) is 43.6 Å². The lowest BCUT2D eigenvalue weighted by atomic mass is 9.93. The second-order valence-corrected chi connectivity index (χ2v) is 5.41. The molecule has 0 fully saturated rings. The van der Waals surface area contributed by atoms with Crippen LogP contribution in [0.1, 0.15) is 42.1 Å². The lowest BCUT2D eigenvalue weighted by Gasteiger charge is -2.16. The Balaban J connectivity index is 2.45. The maximum Gasteiger partial charge on any atom is 0.142 e. The van der Waals surface area contributed by atoms with E-state index < -0.39 is 17.7 Å². The van der Waals surface area contributed by atoms with Crippen molar-refractivity contribution in [1.29, 1.82) is 0 Å². The molecular formula is C17H18ClF2N. The quantitative estimate of drug-likeness (QED) is 0.807. The van der Waals surface area contributed by atoms with Crippen LogP contribution in [-0.2, 0) is 12.8 Å². The summed E-state index contributed by atoms with van der Waals surface area (Å²) >= 11 is 5.57. The predicted octanol–water partition coefficient (Wildman–Crippen LogP) is 4.79. The zero-order valence-corrected chi connectivity index (χ0v) is 12.8. The summed E-state index contributed by atoms with van der Waals surface area (Å²) in [5, 5.41) is -0.237. The molecule has 112 valence electrons. The van der Waals surface area contributed by atoms with Crippen molar-refractivity contribution in [3.63, 3.8) is 0 Å². The van der Waals surface area contributed by atoms with E-state index in [2.05, 4.69) is 13.8 Å². The highest BCUT2D eigenvalue weighted by molar-refractivity contribution is 6.30. The van der Waals surface area contributed by atoms with Crippen LogP contribution in [0.3, 0.4) is 0 Å². The molecule has 0 heterocycles. The van der Waals surface area contributed by atoms with Crippen molar-refractivity contribution >= 4 is 11.6 Å². The minimum Gasteiger partial charge on any atom is -0.320 e. The zero-order valence-electron chi connectivity index (χ0n) is 12.1. The first-order chi connectivity index (χ1) is 9.97. The molecule has 0 saturated carbocycles. The summed E-state index contributed by atoms with van der Waals surface area (Å²) < 4.78 is 27.5. The topological polar surface area (TPSA) is 26.0 Å². The number of hydrogen-bond donors (Lipinski definition) is 1. The van der Waals surface area contributed by atoms with Gasteiger partial charge in [-0.3, -0.25) is 0 Å². The molecule has 0 bridgehead atoms. The van der Waals surface area contributed by atoms with E-state index in [0.29, 0.717) is 0 Å². The fourth-order valence-corrected chi connectivity index (χ4v) is 2.62. The Hall–Kier alpha value is -1.45. The van der Waals surface area contributed by atoms with E-state index in [1.165, 1.54) is 11.1 Å². The molecular weight excluding hydrogens is 292 g/mol. The van der Waals surface area contributed by atoms with Gasteiger partial charge in [-0.05, 0) is 41.7 Å². The van der Waals surface area contributed by atoms with Gasteiger partial charge in [-0.15, -0.1) is 0 Å². The molecule has 0 aliphatic rings. The molecule has 2 rings (SSSR count). The molecule has 2 N–H and O–H groups in total. The molecule has 0 saturated heterocycles. The first-order valence-corrected chi connectivity index (χ1v) is 7.37. The van der Waals surface area contributed by atoms with Crippen molar-refractivity contribution < 1.29 is 8.78 Å². The Morgan fingerprint density at radius 1 is 1.00 bits per heavy atom. The van der Waals surface area contributed by atoms with E-state index in [0.717, 1.165) is 30.5 Å². The molecule has 0 aliphatic heterocycles. The van der Waals surface area contributed by atoms with Gasteiger partial charge in [0.05, 0.1) is 11.1 Å². The van der Waals surface area contributed by atoms with E-state index in [9.17, 15) is 8.78 Å². The molecule has 1 atom stereocenters. The van der Waals surface area contributed by atoms with Gasteiger partial charge in [-0.2, -0.15) is 0 Å².